The molecule has 0 radical (unpaired) electrons. The van der Waals surface area contributed by atoms with Gasteiger partial charge in [0.15, 0.2) is 0 Å². The fourth-order valence-electron chi connectivity index (χ4n) is 4.91. The van der Waals surface area contributed by atoms with E-state index in [1.807, 2.05) is 13.8 Å². The highest BCUT2D eigenvalue weighted by Crippen LogP contribution is 2.28. The largest absolute Gasteiger partial charge is 0.391 e. The van der Waals surface area contributed by atoms with E-state index < -0.39 is 6.10 Å². The summed E-state index contributed by atoms with van der Waals surface area (Å²) in [5.41, 5.74) is 1.40. The molecule has 2 N–H and O–H groups in total. The maximum atomic E-state index is 12.6. The summed E-state index contributed by atoms with van der Waals surface area (Å²) in [6.07, 6.45) is 6.21. The maximum Gasteiger partial charge on any atom is 0.267 e. The molecule has 1 saturated carbocycles. The third-order valence-electron chi connectivity index (χ3n) is 6.79. The Kier molecular flexibility index (Phi) is 6.93. The number of hydrogen-bond donors (Lipinski definition) is 2. The molecular weight excluding hydrogens is 410 g/mol. The Morgan fingerprint density at radius 3 is 2.72 bits per heavy atom. The molecule has 3 heterocycles. The number of carbonyl (C=O) groups is 1. The maximum absolute atomic E-state index is 12.6. The number of nitrogens with zero attached hydrogens (tertiary/aromatic N) is 4. The van der Waals surface area contributed by atoms with Crippen LogP contribution in [0.25, 0.3) is 0 Å². The normalized spacial score (nSPS) is 23.8. The summed E-state index contributed by atoms with van der Waals surface area (Å²) in [7, 11) is 0. The van der Waals surface area contributed by atoms with Gasteiger partial charge in [0.25, 0.3) is 5.56 Å². The molecule has 2 aromatic heterocycles. The Morgan fingerprint density at radius 1 is 1.19 bits per heavy atom. The molecule has 9 nitrogen and oxygen atoms in total. The number of aliphatic hydroxyl groups is 1. The molecule has 0 bridgehead atoms. The van der Waals surface area contributed by atoms with Crippen LogP contribution in [0.15, 0.2) is 21.5 Å². The topological polar surface area (TPSA) is 113 Å². The Bertz CT molecular complexity index is 981. The zero-order valence-electron chi connectivity index (χ0n) is 18.9. The lowest BCUT2D eigenvalue weighted by atomic mass is 9.93. The number of piperidine rings is 1. The molecule has 3 atom stereocenters. The summed E-state index contributed by atoms with van der Waals surface area (Å²) >= 11 is 0. The van der Waals surface area contributed by atoms with Crippen LogP contribution >= 0.6 is 0 Å². The first-order valence-electron chi connectivity index (χ1n) is 11.7. The van der Waals surface area contributed by atoms with Crippen LogP contribution in [0.3, 0.4) is 0 Å². The van der Waals surface area contributed by atoms with Crippen LogP contribution in [0, 0.1) is 13.8 Å². The molecule has 4 rings (SSSR count). The summed E-state index contributed by atoms with van der Waals surface area (Å²) in [6, 6.07) is 3.14. The van der Waals surface area contributed by atoms with E-state index in [4.69, 9.17) is 4.52 Å². The van der Waals surface area contributed by atoms with Gasteiger partial charge in [-0.25, -0.2) is 4.68 Å². The Hall–Kier alpha value is -2.68. The number of aromatic nitrogens is 3. The molecule has 2 fully saturated rings. The molecular formula is C23H33N5O4. The van der Waals surface area contributed by atoms with E-state index in [1.165, 1.54) is 4.68 Å². The van der Waals surface area contributed by atoms with Gasteiger partial charge in [0.1, 0.15) is 11.6 Å². The van der Waals surface area contributed by atoms with Crippen molar-refractivity contribution < 1.29 is 14.4 Å². The monoisotopic (exact) mass is 443 g/mol. The van der Waals surface area contributed by atoms with Gasteiger partial charge in [-0.05, 0) is 52.0 Å². The number of amides is 1. The van der Waals surface area contributed by atoms with Crippen molar-refractivity contribution in [1.82, 2.24) is 20.3 Å². The Labute approximate surface area is 187 Å². The van der Waals surface area contributed by atoms with Gasteiger partial charge in [-0.2, -0.15) is 5.10 Å². The smallest absolute Gasteiger partial charge is 0.267 e. The fourth-order valence-corrected chi connectivity index (χ4v) is 4.91. The van der Waals surface area contributed by atoms with E-state index in [-0.39, 0.29) is 30.0 Å². The molecule has 0 aromatic carbocycles. The quantitative estimate of drug-likeness (QED) is 0.702. The van der Waals surface area contributed by atoms with Gasteiger partial charge in [0.2, 0.25) is 5.91 Å². The van der Waals surface area contributed by atoms with Gasteiger partial charge in [0.05, 0.1) is 24.3 Å². The van der Waals surface area contributed by atoms with Gasteiger partial charge >= 0.3 is 0 Å². The van der Waals surface area contributed by atoms with Crippen LogP contribution < -0.4 is 15.8 Å². The zero-order valence-corrected chi connectivity index (χ0v) is 18.9. The van der Waals surface area contributed by atoms with Crippen molar-refractivity contribution in [3.8, 4) is 0 Å². The van der Waals surface area contributed by atoms with E-state index in [1.54, 1.807) is 12.1 Å². The number of nitrogens with one attached hydrogen (secondary N) is 1. The van der Waals surface area contributed by atoms with Crippen LogP contribution in [0.1, 0.15) is 68.0 Å². The highest BCUT2D eigenvalue weighted by molar-refractivity contribution is 5.79. The Morgan fingerprint density at radius 2 is 1.97 bits per heavy atom. The first kappa shape index (κ1) is 22.5. The molecule has 2 aromatic rings. The highest BCUT2D eigenvalue weighted by Gasteiger charge is 2.29. The molecule has 9 heteroatoms. The van der Waals surface area contributed by atoms with Gasteiger partial charge in [-0.3, -0.25) is 9.59 Å². The number of aryl methyl sites for hydroxylation is 2. The molecule has 1 aliphatic carbocycles. The second-order valence-electron chi connectivity index (χ2n) is 9.02. The number of anilines is 1. The Balaban J connectivity index is 1.46. The minimum atomic E-state index is -0.537. The van der Waals surface area contributed by atoms with E-state index in [0.29, 0.717) is 18.7 Å². The summed E-state index contributed by atoms with van der Waals surface area (Å²) in [4.78, 5) is 27.2. The summed E-state index contributed by atoms with van der Waals surface area (Å²) < 4.78 is 6.62. The van der Waals surface area contributed by atoms with Crippen LogP contribution in [-0.2, 0) is 11.2 Å². The third kappa shape index (κ3) is 4.87. The molecule has 0 spiro atoms. The molecule has 1 saturated heterocycles. The van der Waals surface area contributed by atoms with E-state index in [9.17, 15) is 14.7 Å². The predicted octanol–water partition coefficient (Wildman–Crippen LogP) is 2.04. The summed E-state index contributed by atoms with van der Waals surface area (Å²) in [5.74, 6) is 1.34. The van der Waals surface area contributed by atoms with Crippen LogP contribution in [-0.4, -0.2) is 51.2 Å². The van der Waals surface area contributed by atoms with Crippen molar-refractivity contribution in [2.75, 3.05) is 18.0 Å². The molecule has 32 heavy (non-hydrogen) atoms. The standard InChI is InChI=1S/C23H33N5O4/c1-15-18(16(2)32-26-15)13-22(30)24-14-17-7-5-6-12-27(17)21-10-11-23(31)28(25-21)19-8-3-4-9-20(19)29/h10-11,17,19-20,29H,3-9,12-14H2,1-2H3,(H,24,30). The molecule has 3 unspecified atom stereocenters. The molecule has 1 aliphatic heterocycles. The first-order valence-corrected chi connectivity index (χ1v) is 11.7. The number of rotatable bonds is 6. The average Bonchev–Trinajstić information content (AvgIpc) is 3.11. The van der Waals surface area contributed by atoms with Crippen molar-refractivity contribution in [2.45, 2.75) is 83.4 Å². The third-order valence-corrected chi connectivity index (χ3v) is 6.79. The van der Waals surface area contributed by atoms with Crippen molar-refractivity contribution in [3.63, 3.8) is 0 Å². The van der Waals surface area contributed by atoms with Gasteiger partial charge in [0, 0.05) is 30.8 Å². The van der Waals surface area contributed by atoms with Gasteiger partial charge in [-0.1, -0.05) is 18.0 Å². The number of carbonyl (C=O) groups excluding carboxylic acids is 1. The highest BCUT2D eigenvalue weighted by atomic mass is 16.5. The van der Waals surface area contributed by atoms with E-state index in [2.05, 4.69) is 20.5 Å². The van der Waals surface area contributed by atoms with Crippen molar-refractivity contribution >= 4 is 11.7 Å². The van der Waals surface area contributed by atoms with Gasteiger partial charge in [-0.15, -0.1) is 0 Å². The fraction of sp³-hybridized carbons (Fsp3) is 0.652. The molecule has 174 valence electrons. The molecule has 1 amide bonds. The molecule has 2 aliphatic rings. The minimum absolute atomic E-state index is 0.0619. The van der Waals surface area contributed by atoms with Crippen molar-refractivity contribution in [1.29, 1.82) is 0 Å². The van der Waals surface area contributed by atoms with Gasteiger partial charge < -0.3 is 19.8 Å². The lowest BCUT2D eigenvalue weighted by molar-refractivity contribution is -0.120. The van der Waals surface area contributed by atoms with Crippen LogP contribution in [0.5, 0.6) is 0 Å². The van der Waals surface area contributed by atoms with Crippen molar-refractivity contribution in [3.05, 3.63) is 39.5 Å². The SMILES string of the molecule is Cc1noc(C)c1CC(=O)NCC1CCCCN1c1ccc(=O)n(C2CCCCC2O)n1. The van der Waals surface area contributed by atoms with E-state index in [0.717, 1.165) is 62.1 Å². The van der Waals surface area contributed by atoms with Crippen molar-refractivity contribution in [2.24, 2.45) is 0 Å². The number of aliphatic hydroxyl groups excluding tert-OH is 1. The minimum Gasteiger partial charge on any atom is -0.391 e. The summed E-state index contributed by atoms with van der Waals surface area (Å²) in [6.45, 7) is 4.99. The summed E-state index contributed by atoms with van der Waals surface area (Å²) in [5, 5.41) is 22.1. The lowest BCUT2D eigenvalue weighted by Crippen LogP contribution is -2.48. The average molecular weight is 444 g/mol. The number of hydrogen-bond acceptors (Lipinski definition) is 7. The second kappa shape index (κ2) is 9.85. The first-order chi connectivity index (χ1) is 15.4. The lowest BCUT2D eigenvalue weighted by Gasteiger charge is -2.37. The van der Waals surface area contributed by atoms with Crippen LogP contribution in [0.4, 0.5) is 5.82 Å². The zero-order chi connectivity index (χ0) is 22.7. The second-order valence-corrected chi connectivity index (χ2v) is 9.02. The van der Waals surface area contributed by atoms with E-state index >= 15 is 0 Å². The predicted molar refractivity (Wildman–Crippen MR) is 120 cm³/mol. The van der Waals surface area contributed by atoms with Crippen LogP contribution in [0.2, 0.25) is 0 Å².